The molecule has 0 spiro atoms. The zero-order chi connectivity index (χ0) is 12.7. The molecule has 1 aromatic rings. The molecule has 0 heterocycles. The van der Waals surface area contributed by atoms with E-state index in [1.54, 1.807) is 0 Å². The van der Waals surface area contributed by atoms with Gasteiger partial charge in [0.05, 0.1) is 17.9 Å². The van der Waals surface area contributed by atoms with Crippen LogP contribution in [0.25, 0.3) is 0 Å². The number of carbonyl (C=O) groups excluding carboxylic acids is 1. The summed E-state index contributed by atoms with van der Waals surface area (Å²) >= 11 is 0. The minimum Gasteiger partial charge on any atom is -0.376 e. The molecule has 0 aliphatic carbocycles. The first-order valence-electron chi connectivity index (χ1n) is 5.92. The summed E-state index contributed by atoms with van der Waals surface area (Å²) in [6, 6.07) is 7.94. The fourth-order valence-electron chi connectivity index (χ4n) is 1.52. The van der Waals surface area contributed by atoms with Crippen LogP contribution >= 0.6 is 0 Å². The van der Waals surface area contributed by atoms with Crippen LogP contribution in [0.15, 0.2) is 24.3 Å². The molecule has 0 aliphatic heterocycles. The van der Waals surface area contributed by atoms with E-state index in [-0.39, 0.29) is 5.91 Å². The fraction of sp³-hybridized carbons (Fsp3) is 0.462. The van der Waals surface area contributed by atoms with Gasteiger partial charge in [-0.05, 0) is 18.6 Å². The second-order valence-electron chi connectivity index (χ2n) is 4.12. The number of para-hydroxylation sites is 2. The normalized spacial score (nSPS) is 9.82. The van der Waals surface area contributed by atoms with Crippen LogP contribution in [-0.4, -0.2) is 33.1 Å². The van der Waals surface area contributed by atoms with Crippen LogP contribution in [-0.2, 0) is 4.79 Å². The van der Waals surface area contributed by atoms with Crippen molar-refractivity contribution in [1.29, 1.82) is 0 Å². The topological polar surface area (TPSA) is 44.4 Å². The van der Waals surface area contributed by atoms with E-state index in [0.29, 0.717) is 6.54 Å². The molecule has 4 nitrogen and oxygen atoms in total. The van der Waals surface area contributed by atoms with Crippen LogP contribution in [0.5, 0.6) is 0 Å². The van der Waals surface area contributed by atoms with Gasteiger partial charge >= 0.3 is 0 Å². The Balaban J connectivity index is 2.54. The Morgan fingerprint density at radius 2 is 2.00 bits per heavy atom. The SMILES string of the molecule is CCCNC(=O)CNc1ccccc1N(C)C. The molecule has 1 rings (SSSR count). The van der Waals surface area contributed by atoms with Crippen LogP contribution in [0.4, 0.5) is 11.4 Å². The van der Waals surface area contributed by atoms with Crippen LogP contribution in [0.3, 0.4) is 0 Å². The molecule has 0 radical (unpaired) electrons. The largest absolute Gasteiger partial charge is 0.376 e. The summed E-state index contributed by atoms with van der Waals surface area (Å²) in [6.45, 7) is 3.08. The summed E-state index contributed by atoms with van der Waals surface area (Å²) in [4.78, 5) is 13.5. The van der Waals surface area contributed by atoms with Crippen molar-refractivity contribution in [2.24, 2.45) is 0 Å². The smallest absolute Gasteiger partial charge is 0.239 e. The highest BCUT2D eigenvalue weighted by Gasteiger charge is 2.05. The number of hydrogen-bond donors (Lipinski definition) is 2. The molecule has 0 saturated heterocycles. The summed E-state index contributed by atoms with van der Waals surface area (Å²) in [5, 5.41) is 5.99. The highest BCUT2D eigenvalue weighted by Crippen LogP contribution is 2.22. The maximum absolute atomic E-state index is 11.5. The van der Waals surface area contributed by atoms with E-state index in [4.69, 9.17) is 0 Å². The first kappa shape index (κ1) is 13.4. The van der Waals surface area contributed by atoms with Gasteiger partial charge in [-0.1, -0.05) is 19.1 Å². The minimum absolute atomic E-state index is 0.0282. The maximum atomic E-state index is 11.5. The van der Waals surface area contributed by atoms with E-state index in [1.807, 2.05) is 50.2 Å². The zero-order valence-corrected chi connectivity index (χ0v) is 10.8. The monoisotopic (exact) mass is 235 g/mol. The lowest BCUT2D eigenvalue weighted by Crippen LogP contribution is -2.30. The predicted molar refractivity (Wildman–Crippen MR) is 72.6 cm³/mol. The number of benzene rings is 1. The summed E-state index contributed by atoms with van der Waals surface area (Å²) in [5.74, 6) is 0.0282. The van der Waals surface area contributed by atoms with Crippen molar-refractivity contribution in [3.63, 3.8) is 0 Å². The highest BCUT2D eigenvalue weighted by atomic mass is 16.1. The number of rotatable bonds is 6. The van der Waals surface area contributed by atoms with Gasteiger partial charge in [-0.2, -0.15) is 0 Å². The molecule has 0 fully saturated rings. The lowest BCUT2D eigenvalue weighted by molar-refractivity contribution is -0.119. The molecule has 0 saturated carbocycles. The van der Waals surface area contributed by atoms with Crippen molar-refractivity contribution in [3.05, 3.63) is 24.3 Å². The first-order chi connectivity index (χ1) is 8.15. The van der Waals surface area contributed by atoms with E-state index in [1.165, 1.54) is 0 Å². The molecule has 1 amide bonds. The van der Waals surface area contributed by atoms with Crippen molar-refractivity contribution < 1.29 is 4.79 Å². The highest BCUT2D eigenvalue weighted by molar-refractivity contribution is 5.82. The maximum Gasteiger partial charge on any atom is 0.239 e. The summed E-state index contributed by atoms with van der Waals surface area (Å²) in [6.07, 6.45) is 0.958. The fourth-order valence-corrected chi connectivity index (χ4v) is 1.52. The van der Waals surface area contributed by atoms with Crippen molar-refractivity contribution in [3.8, 4) is 0 Å². The van der Waals surface area contributed by atoms with Crippen molar-refractivity contribution in [1.82, 2.24) is 5.32 Å². The molecule has 94 valence electrons. The lowest BCUT2D eigenvalue weighted by Gasteiger charge is -2.18. The standard InChI is InChI=1S/C13H21N3O/c1-4-9-14-13(17)10-15-11-7-5-6-8-12(11)16(2)3/h5-8,15H,4,9-10H2,1-3H3,(H,14,17). The minimum atomic E-state index is 0.0282. The van der Waals surface area contributed by atoms with E-state index in [2.05, 4.69) is 10.6 Å². The van der Waals surface area contributed by atoms with E-state index < -0.39 is 0 Å². The van der Waals surface area contributed by atoms with E-state index in [0.717, 1.165) is 24.3 Å². The van der Waals surface area contributed by atoms with E-state index >= 15 is 0 Å². The second kappa shape index (κ2) is 6.78. The van der Waals surface area contributed by atoms with Crippen LogP contribution in [0.1, 0.15) is 13.3 Å². The molecule has 1 aromatic carbocycles. The van der Waals surface area contributed by atoms with Gasteiger partial charge in [0.2, 0.25) is 5.91 Å². The van der Waals surface area contributed by atoms with Crippen LogP contribution in [0, 0.1) is 0 Å². The molecule has 4 heteroatoms. The molecule has 17 heavy (non-hydrogen) atoms. The van der Waals surface area contributed by atoms with Gasteiger partial charge in [0, 0.05) is 20.6 Å². The third-order valence-corrected chi connectivity index (χ3v) is 2.40. The van der Waals surface area contributed by atoms with Crippen LogP contribution < -0.4 is 15.5 Å². The molecular formula is C13H21N3O. The van der Waals surface area contributed by atoms with Crippen molar-refractivity contribution in [2.45, 2.75) is 13.3 Å². The first-order valence-corrected chi connectivity index (χ1v) is 5.92. The Bertz CT molecular complexity index is 363. The Labute approximate surface area is 103 Å². The van der Waals surface area contributed by atoms with Crippen molar-refractivity contribution in [2.75, 3.05) is 37.4 Å². The van der Waals surface area contributed by atoms with Gasteiger partial charge in [-0.3, -0.25) is 4.79 Å². The molecule has 0 aliphatic rings. The van der Waals surface area contributed by atoms with E-state index in [9.17, 15) is 4.79 Å². The Morgan fingerprint density at radius 1 is 1.29 bits per heavy atom. The van der Waals surface area contributed by atoms with Gasteiger partial charge in [0.25, 0.3) is 0 Å². The number of nitrogens with zero attached hydrogens (tertiary/aromatic N) is 1. The molecular weight excluding hydrogens is 214 g/mol. The zero-order valence-electron chi connectivity index (χ0n) is 10.8. The third-order valence-electron chi connectivity index (χ3n) is 2.40. The van der Waals surface area contributed by atoms with Gasteiger partial charge < -0.3 is 15.5 Å². The number of hydrogen-bond acceptors (Lipinski definition) is 3. The molecule has 0 unspecified atom stereocenters. The molecule has 0 atom stereocenters. The molecule has 2 N–H and O–H groups in total. The predicted octanol–water partition coefficient (Wildman–Crippen LogP) is 1.69. The summed E-state index contributed by atoms with van der Waals surface area (Å²) < 4.78 is 0. The van der Waals surface area contributed by atoms with Gasteiger partial charge in [-0.25, -0.2) is 0 Å². The van der Waals surface area contributed by atoms with Crippen molar-refractivity contribution >= 4 is 17.3 Å². The molecule has 0 bridgehead atoms. The second-order valence-corrected chi connectivity index (χ2v) is 4.12. The van der Waals surface area contributed by atoms with Gasteiger partial charge in [0.15, 0.2) is 0 Å². The summed E-state index contributed by atoms with van der Waals surface area (Å²) in [7, 11) is 3.97. The number of nitrogens with one attached hydrogen (secondary N) is 2. The average Bonchev–Trinajstić information content (AvgIpc) is 2.34. The number of carbonyl (C=O) groups is 1. The lowest BCUT2D eigenvalue weighted by atomic mass is 10.2. The summed E-state index contributed by atoms with van der Waals surface area (Å²) in [5.41, 5.74) is 2.06. The Hall–Kier alpha value is -1.71. The third kappa shape index (κ3) is 4.34. The number of amides is 1. The Morgan fingerprint density at radius 3 is 2.65 bits per heavy atom. The average molecular weight is 235 g/mol. The Kier molecular flexibility index (Phi) is 5.33. The van der Waals surface area contributed by atoms with Gasteiger partial charge in [0.1, 0.15) is 0 Å². The molecule has 0 aromatic heterocycles. The quantitative estimate of drug-likeness (QED) is 0.788. The van der Waals surface area contributed by atoms with Gasteiger partial charge in [-0.15, -0.1) is 0 Å². The van der Waals surface area contributed by atoms with Crippen LogP contribution in [0.2, 0.25) is 0 Å². The number of anilines is 2.